The number of carboxylic acid groups (broad SMARTS) is 1. The molecule has 0 aromatic heterocycles. The van der Waals surface area contributed by atoms with Gasteiger partial charge in [-0.1, -0.05) is 19.9 Å². The van der Waals surface area contributed by atoms with Crippen LogP contribution in [0.1, 0.15) is 31.7 Å². The zero-order chi connectivity index (χ0) is 14.2. The van der Waals surface area contributed by atoms with Crippen LogP contribution in [-0.4, -0.2) is 28.6 Å². The summed E-state index contributed by atoms with van der Waals surface area (Å²) in [7, 11) is 0. The maximum Gasteiger partial charge on any atom is 0.308 e. The first-order valence-electron chi connectivity index (χ1n) is 6.26. The number of carbonyl (C=O) groups excluding carboxylic acids is 1. The van der Waals surface area contributed by atoms with Crippen molar-refractivity contribution in [1.82, 2.24) is 0 Å². The molecule has 1 fully saturated rings. The van der Waals surface area contributed by atoms with Gasteiger partial charge in [0.15, 0.2) is 0 Å². The van der Waals surface area contributed by atoms with Crippen LogP contribution >= 0.6 is 0 Å². The second-order valence-corrected chi connectivity index (χ2v) is 5.15. The first kappa shape index (κ1) is 13.4. The fourth-order valence-electron chi connectivity index (χ4n) is 2.22. The number of hydrogen-bond donors (Lipinski definition) is 2. The molecule has 1 aromatic carbocycles. The monoisotopic (exact) mass is 263 g/mol. The summed E-state index contributed by atoms with van der Waals surface area (Å²) in [6, 6.07) is 5.10. The largest absolute Gasteiger partial charge is 0.506 e. The van der Waals surface area contributed by atoms with Gasteiger partial charge in [-0.2, -0.15) is 0 Å². The molecule has 1 aliphatic heterocycles. The van der Waals surface area contributed by atoms with E-state index < -0.39 is 11.9 Å². The summed E-state index contributed by atoms with van der Waals surface area (Å²) in [5, 5.41) is 18.8. The lowest BCUT2D eigenvalue weighted by Gasteiger charge is -2.19. The number of hydrogen-bond acceptors (Lipinski definition) is 3. The van der Waals surface area contributed by atoms with Gasteiger partial charge in [0.2, 0.25) is 5.91 Å². The fraction of sp³-hybridized carbons (Fsp3) is 0.429. The van der Waals surface area contributed by atoms with Gasteiger partial charge >= 0.3 is 5.97 Å². The highest BCUT2D eigenvalue weighted by atomic mass is 16.4. The van der Waals surface area contributed by atoms with Crippen molar-refractivity contribution in [2.75, 3.05) is 11.4 Å². The maximum absolute atomic E-state index is 11.9. The Kier molecular flexibility index (Phi) is 3.46. The van der Waals surface area contributed by atoms with E-state index >= 15 is 0 Å². The molecule has 1 saturated heterocycles. The lowest BCUT2D eigenvalue weighted by molar-refractivity contribution is -0.141. The highest BCUT2D eigenvalue weighted by Gasteiger charge is 2.36. The van der Waals surface area contributed by atoms with Crippen LogP contribution in [0.15, 0.2) is 18.2 Å². The number of anilines is 1. The van der Waals surface area contributed by atoms with E-state index in [1.165, 1.54) is 4.90 Å². The number of amides is 1. The Morgan fingerprint density at radius 3 is 2.63 bits per heavy atom. The molecule has 0 bridgehead atoms. The molecule has 2 N–H and O–H groups in total. The second kappa shape index (κ2) is 4.91. The van der Waals surface area contributed by atoms with Gasteiger partial charge < -0.3 is 15.1 Å². The van der Waals surface area contributed by atoms with Crippen LogP contribution in [0.5, 0.6) is 5.75 Å². The summed E-state index contributed by atoms with van der Waals surface area (Å²) in [6.45, 7) is 4.15. The van der Waals surface area contributed by atoms with Crippen molar-refractivity contribution < 1.29 is 19.8 Å². The van der Waals surface area contributed by atoms with Gasteiger partial charge in [-0.25, -0.2) is 0 Å². The predicted octanol–water partition coefficient (Wildman–Crippen LogP) is 1.95. The van der Waals surface area contributed by atoms with Crippen LogP contribution < -0.4 is 4.90 Å². The standard InChI is InChI=1S/C14H17NO4/c1-8(2)9-3-4-12(16)11(5-9)15-7-10(14(18)19)6-13(15)17/h3-5,8,10,16H,6-7H2,1-2H3,(H,18,19). The van der Waals surface area contributed by atoms with Crippen molar-refractivity contribution >= 4 is 17.6 Å². The van der Waals surface area contributed by atoms with Crippen molar-refractivity contribution in [2.45, 2.75) is 26.2 Å². The topological polar surface area (TPSA) is 77.8 Å². The molecule has 102 valence electrons. The van der Waals surface area contributed by atoms with Crippen LogP contribution in [0.25, 0.3) is 0 Å². The lowest BCUT2D eigenvalue weighted by Crippen LogP contribution is -2.26. The summed E-state index contributed by atoms with van der Waals surface area (Å²) >= 11 is 0. The van der Waals surface area contributed by atoms with E-state index in [9.17, 15) is 14.7 Å². The van der Waals surface area contributed by atoms with E-state index in [-0.39, 0.29) is 30.5 Å². The molecule has 0 aliphatic carbocycles. The quantitative estimate of drug-likeness (QED) is 0.873. The van der Waals surface area contributed by atoms with Gasteiger partial charge in [-0.3, -0.25) is 9.59 Å². The van der Waals surface area contributed by atoms with Gasteiger partial charge in [0, 0.05) is 13.0 Å². The molecule has 1 aromatic rings. The first-order valence-corrected chi connectivity index (χ1v) is 6.26. The molecule has 2 rings (SSSR count). The first-order chi connectivity index (χ1) is 8.90. The number of carboxylic acids is 1. The predicted molar refractivity (Wildman–Crippen MR) is 70.3 cm³/mol. The molecule has 1 amide bonds. The summed E-state index contributed by atoms with van der Waals surface area (Å²) in [6.07, 6.45) is -0.0132. The summed E-state index contributed by atoms with van der Waals surface area (Å²) in [4.78, 5) is 24.2. The minimum atomic E-state index is -0.977. The summed E-state index contributed by atoms with van der Waals surface area (Å²) in [5.74, 6) is -1.66. The molecular weight excluding hydrogens is 246 g/mol. The number of carbonyl (C=O) groups is 2. The normalized spacial score (nSPS) is 19.2. The highest BCUT2D eigenvalue weighted by molar-refractivity contribution is 6.00. The molecule has 1 unspecified atom stereocenters. The van der Waals surface area contributed by atoms with Crippen LogP contribution in [0.2, 0.25) is 0 Å². The Hall–Kier alpha value is -2.04. The third-order valence-corrected chi connectivity index (χ3v) is 3.43. The zero-order valence-electron chi connectivity index (χ0n) is 11.0. The van der Waals surface area contributed by atoms with E-state index in [2.05, 4.69) is 0 Å². The fourth-order valence-corrected chi connectivity index (χ4v) is 2.22. The molecule has 5 heteroatoms. The molecule has 5 nitrogen and oxygen atoms in total. The number of phenols is 1. The molecule has 0 radical (unpaired) electrons. The highest BCUT2D eigenvalue weighted by Crippen LogP contribution is 2.34. The number of rotatable bonds is 3. The van der Waals surface area contributed by atoms with Crippen LogP contribution in [0.3, 0.4) is 0 Å². The van der Waals surface area contributed by atoms with Crippen LogP contribution in [0.4, 0.5) is 5.69 Å². The number of phenolic OH excluding ortho intramolecular Hbond substituents is 1. The second-order valence-electron chi connectivity index (χ2n) is 5.15. The van der Waals surface area contributed by atoms with Gasteiger partial charge in [0.1, 0.15) is 5.75 Å². The van der Waals surface area contributed by atoms with Crippen LogP contribution in [0, 0.1) is 5.92 Å². The number of aromatic hydroxyl groups is 1. The number of aliphatic carboxylic acids is 1. The van der Waals surface area contributed by atoms with Crippen molar-refractivity contribution in [2.24, 2.45) is 5.92 Å². The van der Waals surface area contributed by atoms with E-state index in [0.29, 0.717) is 5.69 Å². The van der Waals surface area contributed by atoms with Crippen molar-refractivity contribution in [3.05, 3.63) is 23.8 Å². The average molecular weight is 263 g/mol. The molecule has 19 heavy (non-hydrogen) atoms. The van der Waals surface area contributed by atoms with Crippen molar-refractivity contribution in [3.63, 3.8) is 0 Å². The van der Waals surface area contributed by atoms with Gasteiger partial charge in [0.25, 0.3) is 0 Å². The Bertz CT molecular complexity index is 524. The molecule has 0 spiro atoms. The molecule has 0 saturated carbocycles. The number of nitrogens with zero attached hydrogens (tertiary/aromatic N) is 1. The van der Waals surface area contributed by atoms with Crippen molar-refractivity contribution in [1.29, 1.82) is 0 Å². The van der Waals surface area contributed by atoms with E-state index in [1.807, 2.05) is 13.8 Å². The minimum absolute atomic E-state index is 0.00351. The minimum Gasteiger partial charge on any atom is -0.506 e. The smallest absolute Gasteiger partial charge is 0.308 e. The SMILES string of the molecule is CC(C)c1ccc(O)c(N2CC(C(=O)O)CC2=O)c1. The Labute approximate surface area is 111 Å². The third kappa shape index (κ3) is 2.54. The Morgan fingerprint density at radius 1 is 1.42 bits per heavy atom. The van der Waals surface area contributed by atoms with Gasteiger partial charge in [-0.15, -0.1) is 0 Å². The molecule has 1 aliphatic rings. The van der Waals surface area contributed by atoms with Gasteiger partial charge in [0.05, 0.1) is 11.6 Å². The lowest BCUT2D eigenvalue weighted by atomic mass is 10.0. The van der Waals surface area contributed by atoms with Crippen LogP contribution in [-0.2, 0) is 9.59 Å². The number of benzene rings is 1. The Morgan fingerprint density at radius 2 is 2.11 bits per heavy atom. The molecular formula is C14H17NO4. The average Bonchev–Trinajstić information content (AvgIpc) is 2.72. The summed E-state index contributed by atoms with van der Waals surface area (Å²) < 4.78 is 0. The molecule has 1 heterocycles. The van der Waals surface area contributed by atoms with E-state index in [1.54, 1.807) is 18.2 Å². The van der Waals surface area contributed by atoms with Crippen molar-refractivity contribution in [3.8, 4) is 5.75 Å². The zero-order valence-corrected chi connectivity index (χ0v) is 11.0. The van der Waals surface area contributed by atoms with E-state index in [0.717, 1.165) is 5.56 Å². The third-order valence-electron chi connectivity index (χ3n) is 3.43. The maximum atomic E-state index is 11.9. The Balaban J connectivity index is 2.34. The molecule has 1 atom stereocenters. The van der Waals surface area contributed by atoms with Gasteiger partial charge in [-0.05, 0) is 23.6 Å². The summed E-state index contributed by atoms with van der Waals surface area (Å²) in [5.41, 5.74) is 1.40. The van der Waals surface area contributed by atoms with E-state index in [4.69, 9.17) is 5.11 Å².